The molecule has 0 N–H and O–H groups in total. The molecule has 0 bridgehead atoms. The molecule has 13 rings (SSSR count). The number of furan rings is 1. The third kappa shape index (κ3) is 4.15. The fraction of sp³-hybridized carbons (Fsp3) is 0.0526. The number of hydrogen-bond acceptors (Lipinski definition) is 2. The SMILES string of the molecule is CC1(c2ccc3c(c2)oc2ccc(N(c4ccccc4)c4cccc5c4-c4ccccc4C54c5ccccc5-c5ccccc54)cc23)c2ccccc2-c2ccccc21. The highest BCUT2D eigenvalue weighted by atomic mass is 16.3. The molecule has 2 heteroatoms. The summed E-state index contributed by atoms with van der Waals surface area (Å²) in [5.74, 6) is 0. The minimum atomic E-state index is -0.420. The molecule has 0 fully saturated rings. The van der Waals surface area contributed by atoms with Crippen LogP contribution in [0, 0.1) is 0 Å². The largest absolute Gasteiger partial charge is 0.456 e. The summed E-state index contributed by atoms with van der Waals surface area (Å²) < 4.78 is 6.75. The standard InChI is InChI=1S/C57H37NO/c1-56(46-23-10-5-18-39(46)40-19-6-11-24-47(40)56)36-30-32-43-45-35-38(31-33-53(45)59-54(43)34-36)58(37-16-3-2-4-17-37)52-29-15-28-51-55(52)44-22-9-14-27-50(44)57(51)48-25-12-7-20-41(48)42-21-8-13-26-49(42)57/h2-35H,1H3. The van der Waals surface area contributed by atoms with E-state index < -0.39 is 5.41 Å². The quantitative estimate of drug-likeness (QED) is 0.178. The first-order valence-corrected chi connectivity index (χ1v) is 20.6. The van der Waals surface area contributed by atoms with E-state index in [1.54, 1.807) is 0 Å². The lowest BCUT2D eigenvalue weighted by molar-refractivity contribution is 0.662. The number of hydrogen-bond donors (Lipinski definition) is 0. The molecule has 0 unspecified atom stereocenters. The molecule has 0 aliphatic heterocycles. The Morgan fingerprint density at radius 3 is 1.54 bits per heavy atom. The summed E-state index contributed by atoms with van der Waals surface area (Å²) in [5.41, 5.74) is 21.4. The number of benzene rings is 9. The van der Waals surface area contributed by atoms with Gasteiger partial charge < -0.3 is 9.32 Å². The van der Waals surface area contributed by atoms with Crippen LogP contribution in [-0.2, 0) is 10.8 Å². The van der Waals surface area contributed by atoms with Crippen LogP contribution in [0.3, 0.4) is 0 Å². The Morgan fingerprint density at radius 2 is 0.898 bits per heavy atom. The Hall–Kier alpha value is -7.42. The molecule has 3 aliphatic rings. The van der Waals surface area contributed by atoms with E-state index in [-0.39, 0.29) is 5.41 Å². The topological polar surface area (TPSA) is 16.4 Å². The molecule has 276 valence electrons. The highest BCUT2D eigenvalue weighted by Gasteiger charge is 2.52. The van der Waals surface area contributed by atoms with Crippen molar-refractivity contribution < 1.29 is 4.42 Å². The van der Waals surface area contributed by atoms with Gasteiger partial charge in [0, 0.05) is 33.1 Å². The van der Waals surface area contributed by atoms with Crippen molar-refractivity contribution in [3.63, 3.8) is 0 Å². The Morgan fingerprint density at radius 1 is 0.373 bits per heavy atom. The van der Waals surface area contributed by atoms with Crippen molar-refractivity contribution in [1.82, 2.24) is 0 Å². The van der Waals surface area contributed by atoms with Crippen molar-refractivity contribution >= 4 is 39.0 Å². The fourth-order valence-corrected chi connectivity index (χ4v) is 11.3. The van der Waals surface area contributed by atoms with E-state index in [9.17, 15) is 0 Å². The van der Waals surface area contributed by atoms with E-state index in [1.165, 1.54) is 72.3 Å². The van der Waals surface area contributed by atoms with E-state index in [2.05, 4.69) is 218 Å². The molecule has 0 amide bonds. The van der Waals surface area contributed by atoms with Crippen LogP contribution < -0.4 is 4.90 Å². The van der Waals surface area contributed by atoms with Gasteiger partial charge in [0.05, 0.1) is 11.1 Å². The van der Waals surface area contributed by atoms with Crippen molar-refractivity contribution in [3.05, 3.63) is 245 Å². The molecule has 3 aliphatic carbocycles. The Labute approximate surface area is 343 Å². The second-order valence-electron chi connectivity index (χ2n) is 16.5. The van der Waals surface area contributed by atoms with Crippen LogP contribution in [0.2, 0.25) is 0 Å². The first kappa shape index (κ1) is 32.6. The second kappa shape index (κ2) is 11.8. The van der Waals surface area contributed by atoms with Crippen molar-refractivity contribution in [1.29, 1.82) is 0 Å². The highest BCUT2D eigenvalue weighted by molar-refractivity contribution is 6.08. The molecule has 1 aromatic heterocycles. The van der Waals surface area contributed by atoms with E-state index in [0.29, 0.717) is 0 Å². The van der Waals surface area contributed by atoms with Gasteiger partial charge in [-0.15, -0.1) is 0 Å². The van der Waals surface area contributed by atoms with Crippen LogP contribution >= 0.6 is 0 Å². The minimum absolute atomic E-state index is 0.294. The maximum absolute atomic E-state index is 6.75. The zero-order valence-electron chi connectivity index (χ0n) is 32.5. The molecule has 1 heterocycles. The van der Waals surface area contributed by atoms with Gasteiger partial charge in [0.1, 0.15) is 11.2 Å². The van der Waals surface area contributed by atoms with Crippen LogP contribution in [-0.4, -0.2) is 0 Å². The Balaban J connectivity index is 1.01. The van der Waals surface area contributed by atoms with Crippen LogP contribution in [0.25, 0.3) is 55.3 Å². The van der Waals surface area contributed by atoms with Gasteiger partial charge in [-0.2, -0.15) is 0 Å². The van der Waals surface area contributed by atoms with Crippen molar-refractivity contribution in [3.8, 4) is 33.4 Å². The van der Waals surface area contributed by atoms with Gasteiger partial charge in [-0.25, -0.2) is 0 Å². The fourth-order valence-electron chi connectivity index (χ4n) is 11.3. The zero-order valence-corrected chi connectivity index (χ0v) is 32.5. The maximum Gasteiger partial charge on any atom is 0.135 e. The highest BCUT2D eigenvalue weighted by Crippen LogP contribution is 2.64. The number of rotatable bonds is 4. The average molecular weight is 752 g/mol. The van der Waals surface area contributed by atoms with Crippen LogP contribution in [0.5, 0.6) is 0 Å². The summed E-state index contributed by atoms with van der Waals surface area (Å²) in [6, 6.07) is 76.1. The molecular formula is C57H37NO. The summed E-state index contributed by atoms with van der Waals surface area (Å²) >= 11 is 0. The van der Waals surface area contributed by atoms with Gasteiger partial charge in [-0.1, -0.05) is 164 Å². The Bertz CT molecular complexity index is 3280. The molecule has 0 radical (unpaired) electrons. The molecule has 9 aromatic carbocycles. The van der Waals surface area contributed by atoms with E-state index in [0.717, 1.165) is 39.0 Å². The minimum Gasteiger partial charge on any atom is -0.456 e. The summed E-state index contributed by atoms with van der Waals surface area (Å²) in [6.07, 6.45) is 0. The lowest BCUT2D eigenvalue weighted by Crippen LogP contribution is -2.26. The molecule has 0 atom stereocenters. The second-order valence-corrected chi connectivity index (χ2v) is 16.5. The third-order valence-electron chi connectivity index (χ3n) is 13.8. The number of nitrogens with zero attached hydrogens (tertiary/aromatic N) is 1. The average Bonchev–Trinajstić information content (AvgIpc) is 4.00. The predicted octanol–water partition coefficient (Wildman–Crippen LogP) is 14.7. The van der Waals surface area contributed by atoms with Crippen molar-refractivity contribution in [2.24, 2.45) is 0 Å². The number of para-hydroxylation sites is 1. The third-order valence-corrected chi connectivity index (χ3v) is 13.8. The van der Waals surface area contributed by atoms with Crippen LogP contribution in [0.1, 0.15) is 45.9 Å². The summed E-state index contributed by atoms with van der Waals surface area (Å²) in [7, 11) is 0. The van der Waals surface area contributed by atoms with Crippen molar-refractivity contribution in [2.45, 2.75) is 17.8 Å². The smallest absolute Gasteiger partial charge is 0.135 e. The van der Waals surface area contributed by atoms with Gasteiger partial charge in [0.25, 0.3) is 0 Å². The lowest BCUT2D eigenvalue weighted by Gasteiger charge is -2.31. The lowest BCUT2D eigenvalue weighted by atomic mass is 9.70. The van der Waals surface area contributed by atoms with Crippen molar-refractivity contribution in [2.75, 3.05) is 4.90 Å². The normalized spacial score (nSPS) is 14.5. The van der Waals surface area contributed by atoms with E-state index >= 15 is 0 Å². The molecule has 0 saturated heterocycles. The maximum atomic E-state index is 6.75. The first-order valence-electron chi connectivity index (χ1n) is 20.6. The number of anilines is 3. The van der Waals surface area contributed by atoms with E-state index in [1.807, 2.05) is 0 Å². The summed E-state index contributed by atoms with van der Waals surface area (Å²) in [4.78, 5) is 2.45. The molecular weight excluding hydrogens is 715 g/mol. The first-order chi connectivity index (χ1) is 29.2. The van der Waals surface area contributed by atoms with E-state index in [4.69, 9.17) is 4.42 Å². The monoisotopic (exact) mass is 751 g/mol. The number of fused-ring (bicyclic) bond motifs is 16. The van der Waals surface area contributed by atoms with Gasteiger partial charge >= 0.3 is 0 Å². The van der Waals surface area contributed by atoms with Gasteiger partial charge in [-0.3, -0.25) is 0 Å². The van der Waals surface area contributed by atoms with Gasteiger partial charge in [0.2, 0.25) is 0 Å². The molecule has 10 aromatic rings. The Kier molecular flexibility index (Phi) is 6.54. The molecule has 0 saturated carbocycles. The molecule has 59 heavy (non-hydrogen) atoms. The van der Waals surface area contributed by atoms with Crippen LogP contribution in [0.4, 0.5) is 17.1 Å². The predicted molar refractivity (Wildman–Crippen MR) is 242 cm³/mol. The summed E-state index contributed by atoms with van der Waals surface area (Å²) in [6.45, 7) is 2.36. The zero-order chi connectivity index (χ0) is 38.9. The van der Waals surface area contributed by atoms with Gasteiger partial charge in [0.15, 0.2) is 0 Å². The van der Waals surface area contributed by atoms with Gasteiger partial charge in [-0.05, 0) is 116 Å². The summed E-state index contributed by atoms with van der Waals surface area (Å²) in [5, 5.41) is 2.22. The molecule has 2 nitrogen and oxygen atoms in total. The molecule has 1 spiro atoms. The van der Waals surface area contributed by atoms with Crippen LogP contribution in [0.15, 0.2) is 211 Å².